The number of halogens is 2. The second kappa shape index (κ2) is 6.59. The van der Waals surface area contributed by atoms with Crippen LogP contribution in [0, 0.1) is 5.82 Å². The lowest BCUT2D eigenvalue weighted by Gasteiger charge is -2.18. The molecule has 0 saturated heterocycles. The maximum atomic E-state index is 13.8. The molecule has 2 aromatic carbocycles. The van der Waals surface area contributed by atoms with Gasteiger partial charge in [0.05, 0.1) is 7.11 Å². The quantitative estimate of drug-likeness (QED) is 0.860. The van der Waals surface area contributed by atoms with Crippen LogP contribution in [0.25, 0.3) is 0 Å². The summed E-state index contributed by atoms with van der Waals surface area (Å²) >= 11 is 5.97. The Morgan fingerprint density at radius 2 is 2.00 bits per heavy atom. The highest BCUT2D eigenvalue weighted by molar-refractivity contribution is 6.31. The number of nitrogens with zero attached hydrogens (tertiary/aromatic N) is 1. The number of hydrogen-bond donors (Lipinski definition) is 0. The lowest BCUT2D eigenvalue weighted by atomic mass is 10.1. The molecule has 0 aliphatic carbocycles. The van der Waals surface area contributed by atoms with Crippen LogP contribution in [0.5, 0.6) is 5.75 Å². The summed E-state index contributed by atoms with van der Waals surface area (Å²) in [5, 5.41) is 0.306. The summed E-state index contributed by atoms with van der Waals surface area (Å²) in [5.74, 6) is -0.0563. The molecule has 110 valence electrons. The van der Waals surface area contributed by atoms with Crippen LogP contribution in [0.4, 0.5) is 4.39 Å². The molecule has 0 bridgehead atoms. The Morgan fingerprint density at radius 3 is 2.67 bits per heavy atom. The van der Waals surface area contributed by atoms with Crippen LogP contribution in [-0.4, -0.2) is 25.0 Å². The van der Waals surface area contributed by atoms with E-state index in [1.807, 2.05) is 0 Å². The molecule has 21 heavy (non-hydrogen) atoms. The molecule has 5 heteroatoms. The average molecular weight is 308 g/mol. The van der Waals surface area contributed by atoms with Gasteiger partial charge in [-0.1, -0.05) is 23.7 Å². The van der Waals surface area contributed by atoms with Gasteiger partial charge in [0.15, 0.2) is 0 Å². The van der Waals surface area contributed by atoms with E-state index >= 15 is 0 Å². The Hall–Kier alpha value is -2.07. The van der Waals surface area contributed by atoms with Crippen molar-refractivity contribution in [2.45, 2.75) is 6.54 Å². The number of methoxy groups -OCH3 is 1. The number of hydrogen-bond acceptors (Lipinski definition) is 2. The van der Waals surface area contributed by atoms with Gasteiger partial charge in [-0.25, -0.2) is 4.39 Å². The van der Waals surface area contributed by atoms with Gasteiger partial charge in [0, 0.05) is 29.7 Å². The minimum Gasteiger partial charge on any atom is -0.497 e. The summed E-state index contributed by atoms with van der Waals surface area (Å²) in [6, 6.07) is 11.3. The van der Waals surface area contributed by atoms with Crippen LogP contribution in [-0.2, 0) is 6.54 Å². The first-order chi connectivity index (χ1) is 10.0. The molecular formula is C16H15ClFNO2. The summed E-state index contributed by atoms with van der Waals surface area (Å²) in [6.45, 7) is 0.0988. The normalized spacial score (nSPS) is 10.3. The largest absolute Gasteiger partial charge is 0.497 e. The summed E-state index contributed by atoms with van der Waals surface area (Å²) < 4.78 is 18.8. The van der Waals surface area contributed by atoms with Crippen LogP contribution < -0.4 is 4.74 Å². The molecule has 0 aromatic heterocycles. The highest BCUT2D eigenvalue weighted by Gasteiger charge is 2.16. The number of benzene rings is 2. The molecule has 0 heterocycles. The van der Waals surface area contributed by atoms with Crippen LogP contribution in [0.1, 0.15) is 15.9 Å². The van der Waals surface area contributed by atoms with E-state index in [4.69, 9.17) is 16.3 Å². The predicted molar refractivity (Wildman–Crippen MR) is 80.2 cm³/mol. The number of ether oxygens (including phenoxy) is 1. The van der Waals surface area contributed by atoms with Gasteiger partial charge in [-0.15, -0.1) is 0 Å². The molecule has 0 N–H and O–H groups in total. The lowest BCUT2D eigenvalue weighted by molar-refractivity contribution is 0.0783. The zero-order chi connectivity index (χ0) is 15.4. The molecule has 2 aromatic rings. The lowest BCUT2D eigenvalue weighted by Crippen LogP contribution is -2.26. The third kappa shape index (κ3) is 3.52. The monoisotopic (exact) mass is 307 g/mol. The number of amides is 1. The summed E-state index contributed by atoms with van der Waals surface area (Å²) in [7, 11) is 3.14. The molecule has 0 aliphatic heterocycles. The molecule has 2 rings (SSSR count). The standard InChI is InChI=1S/C16H15ClFNO2/c1-19(10-13-14(17)7-4-8-15(13)18)16(20)11-5-3-6-12(9-11)21-2/h3-9H,10H2,1-2H3. The Bertz CT molecular complexity index is 640. The van der Waals surface area contributed by atoms with Crippen molar-refractivity contribution in [3.8, 4) is 5.75 Å². The van der Waals surface area contributed by atoms with Gasteiger partial charge >= 0.3 is 0 Å². The summed E-state index contributed by atoms with van der Waals surface area (Å²) in [5.41, 5.74) is 0.780. The van der Waals surface area contributed by atoms with Crippen LogP contribution in [0.3, 0.4) is 0 Å². The fourth-order valence-electron chi connectivity index (χ4n) is 1.97. The number of carbonyl (C=O) groups excluding carboxylic acids is 1. The van der Waals surface area contributed by atoms with Crippen molar-refractivity contribution in [3.63, 3.8) is 0 Å². The summed E-state index contributed by atoms with van der Waals surface area (Å²) in [4.78, 5) is 13.8. The second-order valence-corrected chi connectivity index (χ2v) is 5.00. The minimum absolute atomic E-state index is 0.0988. The van der Waals surface area contributed by atoms with Gasteiger partial charge in [-0.05, 0) is 30.3 Å². The first kappa shape index (κ1) is 15.3. The molecule has 0 spiro atoms. The van der Waals surface area contributed by atoms with Gasteiger partial charge in [-0.3, -0.25) is 4.79 Å². The van der Waals surface area contributed by atoms with Crippen molar-refractivity contribution in [1.29, 1.82) is 0 Å². The summed E-state index contributed by atoms with van der Waals surface area (Å²) in [6.07, 6.45) is 0. The zero-order valence-electron chi connectivity index (χ0n) is 11.8. The second-order valence-electron chi connectivity index (χ2n) is 4.59. The molecular weight excluding hydrogens is 293 g/mol. The number of carbonyl (C=O) groups is 1. The highest BCUT2D eigenvalue weighted by atomic mass is 35.5. The van der Waals surface area contributed by atoms with E-state index in [9.17, 15) is 9.18 Å². The molecule has 0 unspecified atom stereocenters. The van der Waals surface area contributed by atoms with Gasteiger partial charge in [0.1, 0.15) is 11.6 Å². The zero-order valence-corrected chi connectivity index (χ0v) is 12.5. The van der Waals surface area contributed by atoms with E-state index in [-0.39, 0.29) is 12.5 Å². The van der Waals surface area contributed by atoms with Crippen molar-refractivity contribution in [3.05, 3.63) is 64.4 Å². The molecule has 0 radical (unpaired) electrons. The van der Waals surface area contributed by atoms with E-state index in [2.05, 4.69) is 0 Å². The fourth-order valence-corrected chi connectivity index (χ4v) is 2.19. The third-order valence-corrected chi connectivity index (χ3v) is 3.47. The fraction of sp³-hybridized carbons (Fsp3) is 0.188. The Balaban J connectivity index is 2.19. The molecule has 0 saturated carbocycles. The maximum Gasteiger partial charge on any atom is 0.254 e. The molecule has 0 fully saturated rings. The topological polar surface area (TPSA) is 29.5 Å². The molecule has 1 amide bonds. The van der Waals surface area contributed by atoms with Crippen LogP contribution >= 0.6 is 11.6 Å². The van der Waals surface area contributed by atoms with Gasteiger partial charge in [-0.2, -0.15) is 0 Å². The average Bonchev–Trinajstić information content (AvgIpc) is 2.50. The van der Waals surface area contributed by atoms with Gasteiger partial charge in [0.25, 0.3) is 5.91 Å². The smallest absolute Gasteiger partial charge is 0.254 e. The van der Waals surface area contributed by atoms with Crippen molar-refractivity contribution in [2.24, 2.45) is 0 Å². The van der Waals surface area contributed by atoms with E-state index in [1.54, 1.807) is 37.4 Å². The van der Waals surface area contributed by atoms with Crippen LogP contribution in [0.2, 0.25) is 5.02 Å². The minimum atomic E-state index is -0.423. The Labute approximate surface area is 127 Å². The van der Waals surface area contributed by atoms with E-state index < -0.39 is 5.82 Å². The number of rotatable bonds is 4. The maximum absolute atomic E-state index is 13.8. The molecule has 0 atom stereocenters. The Morgan fingerprint density at radius 1 is 1.29 bits per heavy atom. The SMILES string of the molecule is COc1cccc(C(=O)N(C)Cc2c(F)cccc2Cl)c1. The van der Waals surface area contributed by atoms with E-state index in [0.29, 0.717) is 21.9 Å². The first-order valence-electron chi connectivity index (χ1n) is 6.35. The first-order valence-corrected chi connectivity index (χ1v) is 6.73. The van der Waals surface area contributed by atoms with Crippen LogP contribution in [0.15, 0.2) is 42.5 Å². The molecule has 0 aliphatic rings. The van der Waals surface area contributed by atoms with Crippen molar-refractivity contribution < 1.29 is 13.9 Å². The van der Waals surface area contributed by atoms with E-state index in [0.717, 1.165) is 0 Å². The predicted octanol–water partition coefficient (Wildman–Crippen LogP) is 3.76. The third-order valence-electron chi connectivity index (χ3n) is 3.12. The van der Waals surface area contributed by atoms with Crippen molar-refractivity contribution >= 4 is 17.5 Å². The van der Waals surface area contributed by atoms with Crippen molar-refractivity contribution in [2.75, 3.05) is 14.2 Å². The van der Waals surface area contributed by atoms with Gasteiger partial charge < -0.3 is 9.64 Å². The van der Waals surface area contributed by atoms with E-state index in [1.165, 1.54) is 24.1 Å². The van der Waals surface area contributed by atoms with Crippen molar-refractivity contribution in [1.82, 2.24) is 4.90 Å². The molecule has 3 nitrogen and oxygen atoms in total. The Kier molecular flexibility index (Phi) is 4.81. The highest BCUT2D eigenvalue weighted by Crippen LogP contribution is 2.21. The van der Waals surface area contributed by atoms with Gasteiger partial charge in [0.2, 0.25) is 0 Å².